The zero-order valence-electron chi connectivity index (χ0n) is 23.0. The van der Waals surface area contributed by atoms with Gasteiger partial charge in [0.1, 0.15) is 5.65 Å². The number of para-hydroxylation sites is 2. The molecule has 0 fully saturated rings. The zero-order chi connectivity index (χ0) is 28.0. The van der Waals surface area contributed by atoms with Crippen molar-refractivity contribution in [3.63, 3.8) is 0 Å². The molecule has 0 aliphatic heterocycles. The van der Waals surface area contributed by atoms with E-state index in [1.54, 1.807) is 4.40 Å². The molecule has 0 saturated heterocycles. The fourth-order valence-electron chi connectivity index (χ4n) is 7.74. The number of hydrogen-bond acceptors (Lipinski definition) is 3. The molecule has 0 aliphatic rings. The second-order valence-corrected chi connectivity index (χ2v) is 11.5. The molecule has 0 bridgehead atoms. The number of fused-ring (bicyclic) bond motifs is 6. The van der Waals surface area contributed by atoms with Gasteiger partial charge in [-0.3, -0.25) is 14.0 Å². The lowest BCUT2D eigenvalue weighted by Gasteiger charge is -2.33. The maximum atomic E-state index is 13.9. The predicted octanol–water partition coefficient (Wildman–Crippen LogP) is 8.41. The summed E-state index contributed by atoms with van der Waals surface area (Å²) in [6.45, 7) is 4.24. The Kier molecular flexibility index (Phi) is 4.91. The molecular weight excluding hydrogens is 508 g/mol. The second-order valence-electron chi connectivity index (χ2n) is 11.5. The van der Waals surface area contributed by atoms with Gasteiger partial charge in [0.2, 0.25) is 0 Å². The Morgan fingerprint density at radius 3 is 2.15 bits per heavy atom. The van der Waals surface area contributed by atoms with Crippen molar-refractivity contribution in [1.29, 1.82) is 0 Å². The van der Waals surface area contributed by atoms with Crippen molar-refractivity contribution < 1.29 is 9.90 Å². The van der Waals surface area contributed by atoms with E-state index in [1.165, 1.54) is 0 Å². The first-order valence-corrected chi connectivity index (χ1v) is 14.4. The van der Waals surface area contributed by atoms with Crippen molar-refractivity contribution >= 4 is 76.5 Å². The lowest BCUT2D eigenvalue weighted by molar-refractivity contribution is -0.138. The summed E-state index contributed by atoms with van der Waals surface area (Å²) in [5, 5.41) is 20.4. The van der Waals surface area contributed by atoms with Gasteiger partial charge >= 0.3 is 5.97 Å². The molecule has 1 N–H and O–H groups in total. The van der Waals surface area contributed by atoms with Crippen LogP contribution in [0.4, 0.5) is 0 Å². The van der Waals surface area contributed by atoms with Crippen LogP contribution in [-0.2, 0) is 10.2 Å². The van der Waals surface area contributed by atoms with Crippen LogP contribution < -0.4 is 5.56 Å². The highest BCUT2D eigenvalue weighted by atomic mass is 16.4. The van der Waals surface area contributed by atoms with Gasteiger partial charge in [-0.25, -0.2) is 4.98 Å². The lowest BCUT2D eigenvalue weighted by Crippen LogP contribution is -2.29. The van der Waals surface area contributed by atoms with Crippen LogP contribution in [0.5, 0.6) is 0 Å². The van der Waals surface area contributed by atoms with Gasteiger partial charge in [0.25, 0.3) is 5.56 Å². The highest BCUT2D eigenvalue weighted by Gasteiger charge is 2.34. The molecule has 5 nitrogen and oxygen atoms in total. The smallest absolute Gasteiger partial charge is 0.304 e. The highest BCUT2D eigenvalue weighted by molar-refractivity contribution is 6.37. The summed E-state index contributed by atoms with van der Waals surface area (Å²) in [6.07, 6.45) is 2.60. The number of nitrogens with zero attached hydrogens (tertiary/aromatic N) is 2. The van der Waals surface area contributed by atoms with Crippen molar-refractivity contribution in [3.8, 4) is 0 Å². The maximum absolute atomic E-state index is 13.9. The fourth-order valence-corrected chi connectivity index (χ4v) is 7.74. The molecule has 0 amide bonds. The van der Waals surface area contributed by atoms with E-state index in [-0.39, 0.29) is 12.0 Å². The minimum absolute atomic E-state index is 0.0507. The van der Waals surface area contributed by atoms with Gasteiger partial charge in [0, 0.05) is 21.6 Å². The first-order valence-electron chi connectivity index (χ1n) is 14.4. The number of hydrogen-bond donors (Lipinski definition) is 1. The SMILES string of the molecule is CCCC(CC)(CC(=O)O)c1ccc2c3ccc4c(=O)n5c6ccccc6nc5c5ccc(c6cccc1c26)c3c45. The summed E-state index contributed by atoms with van der Waals surface area (Å²) < 4.78 is 1.75. The van der Waals surface area contributed by atoms with Crippen LogP contribution in [0.15, 0.2) is 83.7 Å². The minimum atomic E-state index is -0.763. The molecule has 1 unspecified atom stereocenters. The van der Waals surface area contributed by atoms with Gasteiger partial charge in [-0.15, -0.1) is 0 Å². The summed E-state index contributed by atoms with van der Waals surface area (Å²) in [6, 6.07) is 26.9. The molecule has 6 aromatic carbocycles. The molecule has 8 aromatic rings. The van der Waals surface area contributed by atoms with Crippen LogP contribution in [0, 0.1) is 0 Å². The Balaban J connectivity index is 1.55. The Bertz CT molecular complexity index is 2380. The van der Waals surface area contributed by atoms with E-state index in [1.807, 2.05) is 30.3 Å². The molecule has 0 aliphatic carbocycles. The third-order valence-corrected chi connectivity index (χ3v) is 9.48. The van der Waals surface area contributed by atoms with Crippen molar-refractivity contribution in [2.24, 2.45) is 0 Å². The van der Waals surface area contributed by atoms with E-state index in [2.05, 4.69) is 62.4 Å². The van der Waals surface area contributed by atoms with Gasteiger partial charge in [-0.1, -0.05) is 74.9 Å². The summed E-state index contributed by atoms with van der Waals surface area (Å²) >= 11 is 0. The Morgan fingerprint density at radius 2 is 1.39 bits per heavy atom. The number of imidazole rings is 1. The Hall–Kier alpha value is -4.77. The number of aliphatic carboxylic acids is 1. The van der Waals surface area contributed by atoms with Crippen LogP contribution in [0.3, 0.4) is 0 Å². The highest BCUT2D eigenvalue weighted by Crippen LogP contribution is 2.47. The largest absolute Gasteiger partial charge is 0.481 e. The van der Waals surface area contributed by atoms with Crippen LogP contribution in [0.1, 0.15) is 45.1 Å². The number of aromatic nitrogens is 2. The summed E-state index contributed by atoms with van der Waals surface area (Å²) in [5.41, 5.74) is 2.94. The first kappa shape index (κ1) is 24.1. The minimum Gasteiger partial charge on any atom is -0.481 e. The van der Waals surface area contributed by atoms with E-state index in [0.29, 0.717) is 11.0 Å². The van der Waals surface area contributed by atoms with Crippen LogP contribution >= 0.6 is 0 Å². The number of rotatable bonds is 6. The molecule has 0 radical (unpaired) electrons. The second kappa shape index (κ2) is 8.37. The molecule has 2 heterocycles. The van der Waals surface area contributed by atoms with E-state index >= 15 is 0 Å². The zero-order valence-corrected chi connectivity index (χ0v) is 23.0. The molecular formula is C36H28N2O3. The molecule has 41 heavy (non-hydrogen) atoms. The number of carbonyl (C=O) groups is 1. The predicted molar refractivity (Wildman–Crippen MR) is 168 cm³/mol. The van der Waals surface area contributed by atoms with Crippen molar-refractivity contribution in [2.45, 2.75) is 44.9 Å². The van der Waals surface area contributed by atoms with Gasteiger partial charge in [-0.05, 0) is 80.4 Å². The topological polar surface area (TPSA) is 71.7 Å². The molecule has 0 saturated carbocycles. The summed E-state index contributed by atoms with van der Waals surface area (Å²) in [5.74, 6) is -0.763. The van der Waals surface area contributed by atoms with Crippen molar-refractivity contribution in [2.75, 3.05) is 0 Å². The van der Waals surface area contributed by atoms with Crippen LogP contribution in [0.25, 0.3) is 70.5 Å². The van der Waals surface area contributed by atoms with Gasteiger partial charge in [0.15, 0.2) is 0 Å². The van der Waals surface area contributed by atoms with E-state index in [4.69, 9.17) is 4.98 Å². The third kappa shape index (κ3) is 3.03. The molecule has 8 rings (SSSR count). The molecule has 200 valence electrons. The van der Waals surface area contributed by atoms with E-state index in [9.17, 15) is 14.7 Å². The lowest BCUT2D eigenvalue weighted by atomic mass is 9.70. The van der Waals surface area contributed by atoms with Gasteiger partial charge < -0.3 is 5.11 Å². The van der Waals surface area contributed by atoms with Gasteiger partial charge in [-0.2, -0.15) is 0 Å². The van der Waals surface area contributed by atoms with Crippen molar-refractivity contribution in [1.82, 2.24) is 9.38 Å². The molecule has 5 heteroatoms. The number of benzene rings is 6. The first-order chi connectivity index (χ1) is 20.0. The number of pyridine rings is 1. The average Bonchev–Trinajstić information content (AvgIpc) is 3.38. The van der Waals surface area contributed by atoms with E-state index in [0.717, 1.165) is 84.3 Å². The number of carboxylic acids is 1. The molecule has 2 aromatic heterocycles. The van der Waals surface area contributed by atoms with E-state index < -0.39 is 11.4 Å². The fraction of sp³-hybridized carbons (Fsp3) is 0.194. The summed E-state index contributed by atoms with van der Waals surface area (Å²) in [4.78, 5) is 30.9. The average molecular weight is 537 g/mol. The molecule has 1 atom stereocenters. The normalized spacial score (nSPS) is 14.0. The van der Waals surface area contributed by atoms with Crippen molar-refractivity contribution in [3.05, 3.63) is 94.8 Å². The number of carboxylic acid groups (broad SMARTS) is 1. The van der Waals surface area contributed by atoms with Crippen LogP contribution in [0.2, 0.25) is 0 Å². The Morgan fingerprint density at radius 1 is 0.756 bits per heavy atom. The standard InChI is InChI=1S/C36H28N2O3/c1-3-18-36(4-2,19-30(39)40)27-17-16-21-23-13-15-26-33-25(34-37-28-10-5-6-11-29(28)38(34)35(26)41)14-12-22(32(23)33)20-8-7-9-24(27)31(20)21/h5-17H,3-4,18-19H2,1-2H3,(H,39,40). The Labute approximate surface area is 235 Å². The molecule has 0 spiro atoms. The third-order valence-electron chi connectivity index (χ3n) is 9.48. The maximum Gasteiger partial charge on any atom is 0.304 e. The monoisotopic (exact) mass is 536 g/mol. The van der Waals surface area contributed by atoms with Gasteiger partial charge in [0.05, 0.1) is 17.5 Å². The van der Waals surface area contributed by atoms with Crippen LogP contribution in [-0.4, -0.2) is 20.5 Å². The quantitative estimate of drug-likeness (QED) is 0.171. The summed E-state index contributed by atoms with van der Waals surface area (Å²) in [7, 11) is 0.